The number of Topliss-reactive ketones (excluding diaryl/α,β-unsaturated/α-hetero) is 1. The van der Waals surface area contributed by atoms with Crippen molar-refractivity contribution in [1.82, 2.24) is 5.32 Å². The summed E-state index contributed by atoms with van der Waals surface area (Å²) in [6, 6.07) is 2.91. The monoisotopic (exact) mass is 239 g/mol. The van der Waals surface area contributed by atoms with E-state index in [2.05, 4.69) is 5.32 Å². The number of hydrogen-bond donors (Lipinski definition) is 2. The normalized spacial score (nSPS) is 20.0. The number of nitrogens with one attached hydrogen (secondary N) is 1. The van der Waals surface area contributed by atoms with Gasteiger partial charge in [-0.2, -0.15) is 0 Å². The molecule has 16 heavy (non-hydrogen) atoms. The van der Waals surface area contributed by atoms with Crippen LogP contribution in [0.4, 0.5) is 0 Å². The Labute approximate surface area is 99.4 Å². The number of carbonyl (C=O) groups is 1. The summed E-state index contributed by atoms with van der Waals surface area (Å²) in [5.74, 6) is -0.0579. The van der Waals surface area contributed by atoms with Gasteiger partial charge < -0.3 is 10.4 Å². The van der Waals surface area contributed by atoms with Crippen LogP contribution in [0, 0.1) is 6.92 Å². The van der Waals surface area contributed by atoms with Crippen molar-refractivity contribution in [3.05, 3.63) is 28.3 Å². The van der Waals surface area contributed by atoms with E-state index in [-0.39, 0.29) is 17.6 Å². The lowest BCUT2D eigenvalue weighted by Gasteiger charge is -2.11. The second-order valence-electron chi connectivity index (χ2n) is 4.13. The standard InChI is InChI=1S/C12H14ClNO2/c1-7-5-11(15)8(6-9(7)13)12(16)10-3-2-4-14-10/h5-6,10,14-15H,2-4H2,1H3. The highest BCUT2D eigenvalue weighted by atomic mass is 35.5. The van der Waals surface area contributed by atoms with E-state index in [4.69, 9.17) is 11.6 Å². The molecule has 0 spiro atoms. The van der Waals surface area contributed by atoms with Gasteiger partial charge in [-0.05, 0) is 44.0 Å². The molecule has 0 aromatic heterocycles. The van der Waals surface area contributed by atoms with Crippen LogP contribution in [0.25, 0.3) is 0 Å². The Hall–Kier alpha value is -1.06. The van der Waals surface area contributed by atoms with Gasteiger partial charge in [0.15, 0.2) is 5.78 Å². The highest BCUT2D eigenvalue weighted by Crippen LogP contribution is 2.27. The van der Waals surface area contributed by atoms with Crippen molar-refractivity contribution in [3.63, 3.8) is 0 Å². The van der Waals surface area contributed by atoms with Crippen molar-refractivity contribution in [2.45, 2.75) is 25.8 Å². The minimum absolute atomic E-state index is 0.0144. The molecule has 2 N–H and O–H groups in total. The number of aryl methyl sites for hydroxylation is 1. The Morgan fingerprint density at radius 2 is 2.31 bits per heavy atom. The highest BCUT2D eigenvalue weighted by Gasteiger charge is 2.25. The van der Waals surface area contributed by atoms with Crippen LogP contribution in [-0.4, -0.2) is 23.5 Å². The summed E-state index contributed by atoms with van der Waals surface area (Å²) in [6.45, 7) is 2.65. The Bertz CT molecular complexity index is 425. The highest BCUT2D eigenvalue weighted by molar-refractivity contribution is 6.31. The summed E-state index contributed by atoms with van der Waals surface area (Å²) < 4.78 is 0. The molecule has 0 amide bonds. The molecule has 0 saturated carbocycles. The summed E-state index contributed by atoms with van der Waals surface area (Å²) in [7, 11) is 0. The van der Waals surface area contributed by atoms with Gasteiger partial charge in [-0.1, -0.05) is 11.6 Å². The fraction of sp³-hybridized carbons (Fsp3) is 0.417. The van der Waals surface area contributed by atoms with Crippen LogP contribution in [0.1, 0.15) is 28.8 Å². The van der Waals surface area contributed by atoms with Gasteiger partial charge in [0, 0.05) is 5.02 Å². The van der Waals surface area contributed by atoms with Crippen LogP contribution in [0.2, 0.25) is 5.02 Å². The van der Waals surface area contributed by atoms with Crippen LogP contribution >= 0.6 is 11.6 Å². The summed E-state index contributed by atoms with van der Waals surface area (Å²) in [6.07, 6.45) is 1.82. The first-order valence-corrected chi connectivity index (χ1v) is 5.74. The van der Waals surface area contributed by atoms with Crippen molar-refractivity contribution in [1.29, 1.82) is 0 Å². The fourth-order valence-corrected chi connectivity index (χ4v) is 2.12. The molecule has 0 aliphatic carbocycles. The zero-order valence-corrected chi connectivity index (χ0v) is 9.84. The van der Waals surface area contributed by atoms with Crippen molar-refractivity contribution in [2.75, 3.05) is 6.54 Å². The van der Waals surface area contributed by atoms with Gasteiger partial charge in [0.05, 0.1) is 11.6 Å². The maximum Gasteiger partial charge on any atom is 0.183 e. The summed E-state index contributed by atoms with van der Waals surface area (Å²) in [5.41, 5.74) is 1.09. The van der Waals surface area contributed by atoms with Gasteiger partial charge in [0.1, 0.15) is 5.75 Å². The number of phenolic OH excluding ortho intramolecular Hbond substituents is 1. The first kappa shape index (κ1) is 11.4. The van der Waals surface area contributed by atoms with Gasteiger partial charge in [-0.3, -0.25) is 4.79 Å². The smallest absolute Gasteiger partial charge is 0.183 e. The molecule has 1 aliphatic heterocycles. The molecule has 1 atom stereocenters. The Kier molecular flexibility index (Phi) is 3.17. The van der Waals surface area contributed by atoms with Crippen molar-refractivity contribution < 1.29 is 9.90 Å². The first-order chi connectivity index (χ1) is 7.59. The number of benzene rings is 1. The molecule has 4 heteroatoms. The molecule has 1 unspecified atom stereocenters. The predicted octanol–water partition coefficient (Wildman–Crippen LogP) is 2.29. The minimum atomic E-state index is -0.176. The third-order valence-electron chi connectivity index (χ3n) is 2.92. The molecule has 86 valence electrons. The quantitative estimate of drug-likeness (QED) is 0.779. The molecular weight excluding hydrogens is 226 g/mol. The average molecular weight is 240 g/mol. The van der Waals surface area contributed by atoms with E-state index < -0.39 is 0 Å². The largest absolute Gasteiger partial charge is 0.507 e. The molecule has 3 nitrogen and oxygen atoms in total. The van der Waals surface area contributed by atoms with Crippen LogP contribution in [0.15, 0.2) is 12.1 Å². The number of hydrogen-bond acceptors (Lipinski definition) is 3. The molecule has 0 bridgehead atoms. The van der Waals surface area contributed by atoms with Crippen LogP contribution in [0.3, 0.4) is 0 Å². The lowest BCUT2D eigenvalue weighted by Crippen LogP contribution is -2.30. The Morgan fingerprint density at radius 1 is 1.56 bits per heavy atom. The van der Waals surface area contributed by atoms with Crippen LogP contribution in [-0.2, 0) is 0 Å². The molecule has 1 aromatic rings. The van der Waals surface area contributed by atoms with Gasteiger partial charge in [-0.25, -0.2) is 0 Å². The fourth-order valence-electron chi connectivity index (χ4n) is 1.96. The van der Waals surface area contributed by atoms with E-state index in [1.165, 1.54) is 6.07 Å². The summed E-state index contributed by atoms with van der Waals surface area (Å²) >= 11 is 5.95. The lowest BCUT2D eigenvalue weighted by atomic mass is 10.0. The minimum Gasteiger partial charge on any atom is -0.507 e. The maximum absolute atomic E-state index is 12.1. The number of carbonyl (C=O) groups excluding carboxylic acids is 1. The second-order valence-corrected chi connectivity index (χ2v) is 4.54. The molecular formula is C12H14ClNO2. The first-order valence-electron chi connectivity index (χ1n) is 5.36. The summed E-state index contributed by atoms with van der Waals surface area (Å²) in [5, 5.41) is 13.4. The van der Waals surface area contributed by atoms with Gasteiger partial charge in [0.25, 0.3) is 0 Å². The molecule has 1 fully saturated rings. The lowest BCUT2D eigenvalue weighted by molar-refractivity contribution is 0.0949. The zero-order valence-electron chi connectivity index (χ0n) is 9.09. The molecule has 2 rings (SSSR count). The topological polar surface area (TPSA) is 49.3 Å². The van der Waals surface area contributed by atoms with Gasteiger partial charge in [0.2, 0.25) is 0 Å². The third kappa shape index (κ3) is 2.06. The van der Waals surface area contributed by atoms with E-state index in [0.717, 1.165) is 24.9 Å². The molecule has 1 heterocycles. The van der Waals surface area contributed by atoms with Crippen molar-refractivity contribution in [3.8, 4) is 5.75 Å². The summed E-state index contributed by atoms with van der Waals surface area (Å²) in [4.78, 5) is 12.1. The Morgan fingerprint density at radius 3 is 2.94 bits per heavy atom. The Balaban J connectivity index is 2.32. The average Bonchev–Trinajstić information content (AvgIpc) is 2.75. The number of ketones is 1. The second kappa shape index (κ2) is 4.44. The van der Waals surface area contributed by atoms with Gasteiger partial charge >= 0.3 is 0 Å². The molecule has 1 aromatic carbocycles. The van der Waals surface area contributed by atoms with E-state index in [0.29, 0.717) is 10.6 Å². The number of rotatable bonds is 2. The van der Waals surface area contributed by atoms with Crippen LogP contribution < -0.4 is 5.32 Å². The van der Waals surface area contributed by atoms with E-state index in [1.54, 1.807) is 13.0 Å². The van der Waals surface area contributed by atoms with Crippen molar-refractivity contribution >= 4 is 17.4 Å². The molecule has 0 radical (unpaired) electrons. The molecule has 1 aliphatic rings. The van der Waals surface area contributed by atoms with E-state index >= 15 is 0 Å². The SMILES string of the molecule is Cc1cc(O)c(C(=O)C2CCCN2)cc1Cl. The molecule has 1 saturated heterocycles. The van der Waals surface area contributed by atoms with Gasteiger partial charge in [-0.15, -0.1) is 0 Å². The van der Waals surface area contributed by atoms with E-state index in [9.17, 15) is 9.90 Å². The van der Waals surface area contributed by atoms with Crippen molar-refractivity contribution in [2.24, 2.45) is 0 Å². The third-order valence-corrected chi connectivity index (χ3v) is 3.33. The number of halogens is 1. The number of aromatic hydroxyl groups is 1. The predicted molar refractivity (Wildman–Crippen MR) is 63.2 cm³/mol. The zero-order chi connectivity index (χ0) is 11.7. The van der Waals surface area contributed by atoms with E-state index in [1.807, 2.05) is 0 Å². The van der Waals surface area contributed by atoms with Crippen LogP contribution in [0.5, 0.6) is 5.75 Å². The number of phenols is 1. The maximum atomic E-state index is 12.1.